The highest BCUT2D eigenvalue weighted by Gasteiger charge is 2.16. The molecule has 3 heteroatoms. The number of ketones is 1. The molecule has 1 aromatic rings. The summed E-state index contributed by atoms with van der Waals surface area (Å²) >= 11 is 1.72. The van der Waals surface area contributed by atoms with Crippen molar-refractivity contribution in [1.29, 1.82) is 0 Å². The molecule has 1 unspecified atom stereocenters. The zero-order chi connectivity index (χ0) is 11.3. The fourth-order valence-electron chi connectivity index (χ4n) is 1.52. The SMILES string of the molecule is CCc1ccc(CC(=O)C(CC)OC)s1. The molecule has 0 fully saturated rings. The second-order valence-electron chi connectivity index (χ2n) is 3.50. The van der Waals surface area contributed by atoms with Crippen LogP contribution in [0.3, 0.4) is 0 Å². The molecule has 1 heterocycles. The van der Waals surface area contributed by atoms with E-state index in [9.17, 15) is 4.79 Å². The van der Waals surface area contributed by atoms with E-state index >= 15 is 0 Å². The van der Waals surface area contributed by atoms with Gasteiger partial charge in [-0.3, -0.25) is 4.79 Å². The Morgan fingerprint density at radius 2 is 2.07 bits per heavy atom. The lowest BCUT2D eigenvalue weighted by molar-refractivity contribution is -0.128. The summed E-state index contributed by atoms with van der Waals surface area (Å²) in [5, 5.41) is 0. The first kappa shape index (κ1) is 12.4. The Kier molecular flexibility index (Phi) is 4.99. The number of hydrogen-bond donors (Lipinski definition) is 0. The molecule has 0 bridgehead atoms. The van der Waals surface area contributed by atoms with Crippen LogP contribution in [0.25, 0.3) is 0 Å². The van der Waals surface area contributed by atoms with Gasteiger partial charge in [-0.25, -0.2) is 0 Å². The summed E-state index contributed by atoms with van der Waals surface area (Å²) < 4.78 is 5.12. The van der Waals surface area contributed by atoms with Gasteiger partial charge in [0.15, 0.2) is 5.78 Å². The summed E-state index contributed by atoms with van der Waals surface area (Å²) in [6.07, 6.45) is 2.07. The van der Waals surface area contributed by atoms with Crippen molar-refractivity contribution in [2.24, 2.45) is 0 Å². The quantitative estimate of drug-likeness (QED) is 0.745. The third-order valence-electron chi connectivity index (χ3n) is 2.43. The monoisotopic (exact) mass is 226 g/mol. The average molecular weight is 226 g/mol. The van der Waals surface area contributed by atoms with Crippen molar-refractivity contribution in [3.8, 4) is 0 Å². The smallest absolute Gasteiger partial charge is 0.166 e. The zero-order valence-corrected chi connectivity index (χ0v) is 10.4. The molecule has 0 saturated carbocycles. The number of methoxy groups -OCH3 is 1. The van der Waals surface area contributed by atoms with E-state index in [0.29, 0.717) is 6.42 Å². The van der Waals surface area contributed by atoms with Crippen molar-refractivity contribution < 1.29 is 9.53 Å². The number of Topliss-reactive ketones (excluding diaryl/α,β-unsaturated/α-hetero) is 1. The summed E-state index contributed by atoms with van der Waals surface area (Å²) in [6.45, 7) is 4.10. The molecule has 1 atom stereocenters. The third kappa shape index (κ3) is 3.43. The van der Waals surface area contributed by atoms with Gasteiger partial charge in [0.1, 0.15) is 6.10 Å². The van der Waals surface area contributed by atoms with E-state index < -0.39 is 0 Å². The minimum absolute atomic E-state index is 0.185. The van der Waals surface area contributed by atoms with E-state index in [1.165, 1.54) is 4.88 Å². The molecule has 0 N–H and O–H groups in total. The van der Waals surface area contributed by atoms with Crippen molar-refractivity contribution >= 4 is 17.1 Å². The van der Waals surface area contributed by atoms with Crippen LogP contribution in [-0.2, 0) is 22.4 Å². The van der Waals surface area contributed by atoms with Crippen LogP contribution in [0.4, 0.5) is 0 Å². The van der Waals surface area contributed by atoms with Gasteiger partial charge in [-0.2, -0.15) is 0 Å². The highest BCUT2D eigenvalue weighted by atomic mass is 32.1. The number of carbonyl (C=O) groups is 1. The summed E-state index contributed by atoms with van der Waals surface area (Å²) in [5.74, 6) is 0.185. The number of thiophene rings is 1. The summed E-state index contributed by atoms with van der Waals surface area (Å²) in [7, 11) is 1.60. The number of aryl methyl sites for hydroxylation is 1. The standard InChI is InChI=1S/C12H18O2S/c1-4-9-6-7-10(15-9)8-11(13)12(5-2)14-3/h6-7,12H,4-5,8H2,1-3H3. The first-order chi connectivity index (χ1) is 7.21. The van der Waals surface area contributed by atoms with Crippen molar-refractivity contribution in [3.63, 3.8) is 0 Å². The Bertz CT molecular complexity index is 313. The lowest BCUT2D eigenvalue weighted by Crippen LogP contribution is -2.23. The van der Waals surface area contributed by atoms with Crippen LogP contribution in [0.5, 0.6) is 0 Å². The molecule has 0 aliphatic heterocycles. The molecule has 1 aromatic heterocycles. The van der Waals surface area contributed by atoms with Gasteiger partial charge >= 0.3 is 0 Å². The van der Waals surface area contributed by atoms with Crippen LogP contribution in [0, 0.1) is 0 Å². The predicted molar refractivity (Wildman–Crippen MR) is 63.5 cm³/mol. The molecule has 0 aliphatic carbocycles. The molecule has 1 rings (SSSR count). The maximum Gasteiger partial charge on any atom is 0.166 e. The van der Waals surface area contributed by atoms with Crippen LogP contribution in [0.2, 0.25) is 0 Å². The van der Waals surface area contributed by atoms with Crippen molar-refractivity contribution in [2.45, 2.75) is 39.2 Å². The van der Waals surface area contributed by atoms with Gasteiger partial charge in [-0.05, 0) is 25.0 Å². The third-order valence-corrected chi connectivity index (χ3v) is 3.66. The topological polar surface area (TPSA) is 26.3 Å². The van der Waals surface area contributed by atoms with Gasteiger partial charge in [-0.1, -0.05) is 13.8 Å². The minimum Gasteiger partial charge on any atom is -0.374 e. The minimum atomic E-state index is -0.239. The van der Waals surface area contributed by atoms with E-state index in [0.717, 1.165) is 17.7 Å². The zero-order valence-electron chi connectivity index (χ0n) is 9.58. The molecule has 0 amide bonds. The van der Waals surface area contributed by atoms with Crippen LogP contribution < -0.4 is 0 Å². The highest BCUT2D eigenvalue weighted by Crippen LogP contribution is 2.18. The normalized spacial score (nSPS) is 12.7. The molecule has 15 heavy (non-hydrogen) atoms. The second kappa shape index (κ2) is 6.03. The van der Waals surface area contributed by atoms with Crippen LogP contribution in [0.1, 0.15) is 30.0 Å². The molecule has 0 aliphatic rings. The highest BCUT2D eigenvalue weighted by molar-refractivity contribution is 7.12. The largest absolute Gasteiger partial charge is 0.374 e. The van der Waals surface area contributed by atoms with Crippen LogP contribution in [-0.4, -0.2) is 19.0 Å². The average Bonchev–Trinajstić information content (AvgIpc) is 2.67. The molecular formula is C12H18O2S. The first-order valence-corrected chi connectivity index (χ1v) is 6.16. The maximum atomic E-state index is 11.8. The van der Waals surface area contributed by atoms with E-state index in [-0.39, 0.29) is 11.9 Å². The van der Waals surface area contributed by atoms with E-state index in [1.54, 1.807) is 18.4 Å². The van der Waals surface area contributed by atoms with E-state index in [2.05, 4.69) is 13.0 Å². The number of ether oxygens (including phenoxy) is 1. The molecule has 0 radical (unpaired) electrons. The van der Waals surface area contributed by atoms with Gasteiger partial charge in [-0.15, -0.1) is 11.3 Å². The first-order valence-electron chi connectivity index (χ1n) is 5.34. The van der Waals surface area contributed by atoms with Gasteiger partial charge in [0.2, 0.25) is 0 Å². The lowest BCUT2D eigenvalue weighted by Gasteiger charge is -2.10. The number of rotatable bonds is 6. The van der Waals surface area contributed by atoms with Crippen LogP contribution in [0.15, 0.2) is 12.1 Å². The van der Waals surface area contributed by atoms with Crippen LogP contribution >= 0.6 is 11.3 Å². The Labute approximate surface area is 95.3 Å². The molecule has 2 nitrogen and oxygen atoms in total. The van der Waals surface area contributed by atoms with Gasteiger partial charge in [0.25, 0.3) is 0 Å². The van der Waals surface area contributed by atoms with E-state index in [4.69, 9.17) is 4.74 Å². The Morgan fingerprint density at radius 1 is 1.40 bits per heavy atom. The summed E-state index contributed by atoms with van der Waals surface area (Å²) in [5.41, 5.74) is 0. The second-order valence-corrected chi connectivity index (χ2v) is 4.75. The Morgan fingerprint density at radius 3 is 2.53 bits per heavy atom. The number of hydrogen-bond acceptors (Lipinski definition) is 3. The fraction of sp³-hybridized carbons (Fsp3) is 0.583. The fourth-order valence-corrected chi connectivity index (χ4v) is 2.49. The molecular weight excluding hydrogens is 208 g/mol. The van der Waals surface area contributed by atoms with E-state index in [1.807, 2.05) is 13.0 Å². The molecule has 0 saturated heterocycles. The Balaban J connectivity index is 2.57. The summed E-state index contributed by atoms with van der Waals surface area (Å²) in [6, 6.07) is 4.14. The molecule has 0 spiro atoms. The maximum absolute atomic E-state index is 11.8. The van der Waals surface area contributed by atoms with Crippen molar-refractivity contribution in [1.82, 2.24) is 0 Å². The molecule has 0 aromatic carbocycles. The lowest BCUT2D eigenvalue weighted by atomic mass is 10.1. The number of carbonyl (C=O) groups excluding carboxylic acids is 1. The predicted octanol–water partition coefficient (Wildman–Crippen LogP) is 2.85. The van der Waals surface area contributed by atoms with Gasteiger partial charge < -0.3 is 4.74 Å². The van der Waals surface area contributed by atoms with Crippen molar-refractivity contribution in [3.05, 3.63) is 21.9 Å². The Hall–Kier alpha value is -0.670. The summed E-state index contributed by atoms with van der Waals surface area (Å²) in [4.78, 5) is 14.2. The van der Waals surface area contributed by atoms with Gasteiger partial charge in [0.05, 0.1) is 0 Å². The van der Waals surface area contributed by atoms with Gasteiger partial charge in [0, 0.05) is 23.3 Å². The molecule has 84 valence electrons. The van der Waals surface area contributed by atoms with Crippen molar-refractivity contribution in [2.75, 3.05) is 7.11 Å².